The van der Waals surface area contributed by atoms with Crippen LogP contribution in [0.15, 0.2) is 6.07 Å². The van der Waals surface area contributed by atoms with Gasteiger partial charge in [0.05, 0.1) is 0 Å². The van der Waals surface area contributed by atoms with Crippen molar-refractivity contribution in [3.63, 3.8) is 0 Å². The Morgan fingerprint density at radius 3 is 2.33 bits per heavy atom. The zero-order chi connectivity index (χ0) is 9.35. The van der Waals surface area contributed by atoms with E-state index >= 15 is 0 Å². The Bertz CT molecular complexity index is 281. The lowest BCUT2D eigenvalue weighted by atomic mass is 10.4. The molecule has 0 spiro atoms. The Morgan fingerprint density at radius 1 is 1.33 bits per heavy atom. The third-order valence-electron chi connectivity index (χ3n) is 0.958. The molecule has 0 fully saturated rings. The number of halogens is 5. The molecule has 1 aromatic rings. The van der Waals surface area contributed by atoms with Crippen LogP contribution in [-0.2, 0) is 6.18 Å². The van der Waals surface area contributed by atoms with Gasteiger partial charge in [-0.25, -0.2) is 9.97 Å². The van der Waals surface area contributed by atoms with Gasteiger partial charge in [0, 0.05) is 6.07 Å². The van der Waals surface area contributed by atoms with Crippen molar-refractivity contribution in [3.8, 4) is 0 Å². The number of aromatic nitrogens is 2. The molecule has 0 aliphatic heterocycles. The molecular formula is C5HClF3IN2. The van der Waals surface area contributed by atoms with E-state index < -0.39 is 17.2 Å². The first-order valence-corrected chi connectivity index (χ1v) is 4.12. The minimum absolute atomic E-state index is 0.167. The van der Waals surface area contributed by atoms with Crippen LogP contribution in [0.3, 0.4) is 0 Å². The van der Waals surface area contributed by atoms with Crippen LogP contribution < -0.4 is 0 Å². The minimum Gasteiger partial charge on any atom is -0.213 e. The van der Waals surface area contributed by atoms with E-state index in [9.17, 15) is 13.2 Å². The van der Waals surface area contributed by atoms with E-state index in [0.717, 1.165) is 6.07 Å². The molecule has 0 saturated heterocycles. The molecular weight excluding hydrogens is 307 g/mol. The van der Waals surface area contributed by atoms with Gasteiger partial charge < -0.3 is 0 Å². The summed E-state index contributed by atoms with van der Waals surface area (Å²) < 4.78 is 36.2. The van der Waals surface area contributed by atoms with Gasteiger partial charge in [0.25, 0.3) is 0 Å². The van der Waals surface area contributed by atoms with E-state index in [4.69, 9.17) is 11.6 Å². The molecule has 1 rings (SSSR count). The summed E-state index contributed by atoms with van der Waals surface area (Å²) in [6.45, 7) is 0. The molecule has 1 heterocycles. The first-order chi connectivity index (χ1) is 5.39. The molecule has 2 nitrogen and oxygen atoms in total. The summed E-state index contributed by atoms with van der Waals surface area (Å²) in [5, 5.41) is -0.394. The number of hydrogen-bond acceptors (Lipinski definition) is 2. The smallest absolute Gasteiger partial charge is 0.213 e. The van der Waals surface area contributed by atoms with Gasteiger partial charge in [-0.15, -0.1) is 0 Å². The van der Waals surface area contributed by atoms with Crippen LogP contribution >= 0.6 is 34.2 Å². The summed E-state index contributed by atoms with van der Waals surface area (Å²) in [5.41, 5.74) is -1.02. The van der Waals surface area contributed by atoms with E-state index in [0.29, 0.717) is 0 Å². The number of hydrogen-bond donors (Lipinski definition) is 0. The number of nitrogens with zero attached hydrogens (tertiary/aromatic N) is 2. The predicted octanol–water partition coefficient (Wildman–Crippen LogP) is 2.75. The monoisotopic (exact) mass is 308 g/mol. The Kier molecular flexibility index (Phi) is 2.77. The zero-order valence-electron chi connectivity index (χ0n) is 5.36. The maximum absolute atomic E-state index is 12.0. The van der Waals surface area contributed by atoms with E-state index in [1.165, 1.54) is 0 Å². The highest BCUT2D eigenvalue weighted by molar-refractivity contribution is 14.1. The van der Waals surface area contributed by atoms with Crippen LogP contribution in [0, 0.1) is 3.70 Å². The van der Waals surface area contributed by atoms with Crippen molar-refractivity contribution >= 4 is 34.2 Å². The summed E-state index contributed by atoms with van der Waals surface area (Å²) in [7, 11) is 0. The maximum Gasteiger partial charge on any atom is 0.433 e. The molecule has 0 amide bonds. The van der Waals surface area contributed by atoms with Crippen LogP contribution in [0.4, 0.5) is 13.2 Å². The SMILES string of the molecule is FC(F)(F)c1cc(I)nc(Cl)n1. The average molecular weight is 308 g/mol. The summed E-state index contributed by atoms with van der Waals surface area (Å²) in [4.78, 5) is 6.52. The first-order valence-electron chi connectivity index (χ1n) is 2.67. The Morgan fingerprint density at radius 2 is 1.92 bits per heavy atom. The molecule has 0 saturated carbocycles. The van der Waals surface area contributed by atoms with E-state index in [1.807, 2.05) is 0 Å². The lowest BCUT2D eigenvalue weighted by Gasteiger charge is -2.04. The Labute approximate surface area is 84.3 Å². The van der Waals surface area contributed by atoms with Gasteiger partial charge in [-0.05, 0) is 34.2 Å². The number of alkyl halides is 3. The van der Waals surface area contributed by atoms with E-state index in [1.54, 1.807) is 22.6 Å². The third kappa shape index (κ3) is 2.44. The molecule has 0 unspecified atom stereocenters. The van der Waals surface area contributed by atoms with Gasteiger partial charge in [-0.2, -0.15) is 13.2 Å². The van der Waals surface area contributed by atoms with Gasteiger partial charge in [0.1, 0.15) is 9.39 Å². The van der Waals surface area contributed by atoms with E-state index in [-0.39, 0.29) is 3.70 Å². The normalized spacial score (nSPS) is 11.8. The second kappa shape index (κ2) is 3.33. The van der Waals surface area contributed by atoms with Crippen molar-refractivity contribution in [1.82, 2.24) is 9.97 Å². The van der Waals surface area contributed by atoms with Crippen molar-refractivity contribution in [2.75, 3.05) is 0 Å². The highest BCUT2D eigenvalue weighted by atomic mass is 127. The van der Waals surface area contributed by atoms with Crippen LogP contribution in [0.1, 0.15) is 5.69 Å². The molecule has 0 N–H and O–H groups in total. The standard InChI is InChI=1S/C5HClF3IN2/c6-4-11-2(5(7,8)9)1-3(10)12-4/h1H. The highest BCUT2D eigenvalue weighted by Crippen LogP contribution is 2.28. The van der Waals surface area contributed by atoms with Gasteiger partial charge >= 0.3 is 6.18 Å². The molecule has 0 atom stereocenters. The lowest BCUT2D eigenvalue weighted by Crippen LogP contribution is -2.09. The Hall–Kier alpha value is -0.110. The summed E-state index contributed by atoms with van der Waals surface area (Å²) >= 11 is 6.86. The van der Waals surface area contributed by atoms with Crippen molar-refractivity contribution in [1.29, 1.82) is 0 Å². The molecule has 7 heteroatoms. The fraction of sp³-hybridized carbons (Fsp3) is 0.200. The molecule has 0 radical (unpaired) electrons. The summed E-state index contributed by atoms with van der Waals surface area (Å²) in [6, 6.07) is 0.826. The first kappa shape index (κ1) is 9.97. The quantitative estimate of drug-likeness (QED) is 0.418. The molecule has 0 aliphatic rings. The van der Waals surface area contributed by atoms with Crippen LogP contribution in [0.25, 0.3) is 0 Å². The number of rotatable bonds is 0. The van der Waals surface area contributed by atoms with Crippen molar-refractivity contribution in [3.05, 3.63) is 20.7 Å². The van der Waals surface area contributed by atoms with Crippen LogP contribution in [0.2, 0.25) is 5.28 Å². The molecule has 1 aromatic heterocycles. The van der Waals surface area contributed by atoms with Crippen LogP contribution in [-0.4, -0.2) is 9.97 Å². The van der Waals surface area contributed by atoms with Crippen molar-refractivity contribution in [2.24, 2.45) is 0 Å². The fourth-order valence-corrected chi connectivity index (χ4v) is 1.38. The van der Waals surface area contributed by atoms with E-state index in [2.05, 4.69) is 9.97 Å². The Balaban J connectivity index is 3.18. The van der Waals surface area contributed by atoms with Crippen molar-refractivity contribution in [2.45, 2.75) is 6.18 Å². The highest BCUT2D eigenvalue weighted by Gasteiger charge is 2.33. The predicted molar refractivity (Wildman–Crippen MR) is 44.8 cm³/mol. The fourth-order valence-electron chi connectivity index (χ4n) is 0.535. The van der Waals surface area contributed by atoms with Crippen molar-refractivity contribution < 1.29 is 13.2 Å². The second-order valence-corrected chi connectivity index (χ2v) is 3.29. The summed E-state index contributed by atoms with van der Waals surface area (Å²) in [6.07, 6.45) is -4.47. The van der Waals surface area contributed by atoms with Gasteiger partial charge in [-0.3, -0.25) is 0 Å². The van der Waals surface area contributed by atoms with Gasteiger partial charge in [-0.1, -0.05) is 0 Å². The third-order valence-corrected chi connectivity index (χ3v) is 1.68. The molecule has 0 aromatic carbocycles. The largest absolute Gasteiger partial charge is 0.433 e. The average Bonchev–Trinajstić information content (AvgIpc) is 1.82. The lowest BCUT2D eigenvalue weighted by molar-refractivity contribution is -0.141. The summed E-state index contributed by atoms with van der Waals surface area (Å²) in [5.74, 6) is 0. The molecule has 66 valence electrons. The molecule has 0 bridgehead atoms. The molecule has 12 heavy (non-hydrogen) atoms. The minimum atomic E-state index is -4.47. The topological polar surface area (TPSA) is 25.8 Å². The van der Waals surface area contributed by atoms with Gasteiger partial charge in [0.15, 0.2) is 0 Å². The zero-order valence-corrected chi connectivity index (χ0v) is 8.28. The van der Waals surface area contributed by atoms with Crippen LogP contribution in [0.5, 0.6) is 0 Å². The maximum atomic E-state index is 12.0. The van der Waals surface area contributed by atoms with Gasteiger partial charge in [0.2, 0.25) is 5.28 Å². The molecule has 0 aliphatic carbocycles. The second-order valence-electron chi connectivity index (χ2n) is 1.84.